The van der Waals surface area contributed by atoms with E-state index >= 15 is 0 Å². The van der Waals surface area contributed by atoms with Crippen LogP contribution in [-0.4, -0.2) is 36.7 Å². The molecule has 6 heteroatoms. The van der Waals surface area contributed by atoms with Gasteiger partial charge >= 0.3 is 11.9 Å². The molecule has 0 aromatic carbocycles. The molecule has 0 unspecified atom stereocenters. The number of aliphatic carboxylic acids is 1. The number of carbonyl (C=O) groups is 2. The molecule has 118 valence electrons. The zero-order chi connectivity index (χ0) is 16.0. The molecule has 0 amide bonds. The van der Waals surface area contributed by atoms with Gasteiger partial charge in [0.1, 0.15) is 5.00 Å². The van der Waals surface area contributed by atoms with Gasteiger partial charge < -0.3 is 14.7 Å². The minimum atomic E-state index is -0.834. The molecular weight excluding hydrogens is 290 g/mol. The summed E-state index contributed by atoms with van der Waals surface area (Å²) in [5, 5.41) is 9.71. The number of thiophene rings is 1. The number of rotatable bonds is 8. The van der Waals surface area contributed by atoms with Crippen LogP contribution in [0.1, 0.15) is 47.5 Å². The van der Waals surface area contributed by atoms with Gasteiger partial charge in [0.25, 0.3) is 0 Å². The third-order valence-electron chi connectivity index (χ3n) is 3.22. The lowest BCUT2D eigenvalue weighted by molar-refractivity contribution is -0.136. The van der Waals surface area contributed by atoms with Crippen molar-refractivity contribution >= 4 is 28.3 Å². The van der Waals surface area contributed by atoms with Crippen LogP contribution in [0, 0.1) is 13.8 Å². The Hall–Kier alpha value is -1.56. The monoisotopic (exact) mass is 313 g/mol. The van der Waals surface area contributed by atoms with E-state index in [1.165, 1.54) is 11.3 Å². The standard InChI is InChI=1S/C15H23NO4S/c1-5-8-16(9-7-12(17)18)14-13(15(19)20-6-2)10(3)11(4)21-14/h5-9H2,1-4H3,(H,17,18). The summed E-state index contributed by atoms with van der Waals surface area (Å²) >= 11 is 1.53. The zero-order valence-electron chi connectivity index (χ0n) is 13.1. The molecule has 0 saturated heterocycles. The minimum Gasteiger partial charge on any atom is -0.481 e. The fraction of sp³-hybridized carbons (Fsp3) is 0.600. The molecule has 0 radical (unpaired) electrons. The highest BCUT2D eigenvalue weighted by atomic mass is 32.1. The van der Waals surface area contributed by atoms with Crippen LogP contribution in [0.4, 0.5) is 5.00 Å². The molecule has 0 atom stereocenters. The molecule has 0 aliphatic heterocycles. The SMILES string of the molecule is CCCN(CCC(=O)O)c1sc(C)c(C)c1C(=O)OCC. The van der Waals surface area contributed by atoms with Gasteiger partial charge in [0, 0.05) is 18.0 Å². The average molecular weight is 313 g/mol. The molecule has 5 nitrogen and oxygen atoms in total. The summed E-state index contributed by atoms with van der Waals surface area (Å²) in [5.41, 5.74) is 1.50. The minimum absolute atomic E-state index is 0.0538. The third kappa shape index (κ3) is 4.46. The number of carboxylic acids is 1. The summed E-state index contributed by atoms with van der Waals surface area (Å²) < 4.78 is 5.14. The molecule has 1 N–H and O–H groups in total. The fourth-order valence-electron chi connectivity index (χ4n) is 2.09. The van der Waals surface area contributed by atoms with Gasteiger partial charge in [0.05, 0.1) is 18.6 Å². The lowest BCUT2D eigenvalue weighted by Crippen LogP contribution is -2.28. The molecule has 0 aliphatic carbocycles. The van der Waals surface area contributed by atoms with Crippen molar-refractivity contribution in [3.05, 3.63) is 16.0 Å². The average Bonchev–Trinajstić information content (AvgIpc) is 2.71. The van der Waals surface area contributed by atoms with Crippen LogP contribution in [0.25, 0.3) is 0 Å². The Bertz CT molecular complexity index is 510. The van der Waals surface area contributed by atoms with Crippen LogP contribution in [0.15, 0.2) is 0 Å². The summed E-state index contributed by atoms with van der Waals surface area (Å²) in [6, 6.07) is 0. The Morgan fingerprint density at radius 2 is 1.90 bits per heavy atom. The molecule has 0 saturated carbocycles. The Morgan fingerprint density at radius 1 is 1.24 bits per heavy atom. The second-order valence-electron chi connectivity index (χ2n) is 4.81. The molecular formula is C15H23NO4S. The number of hydrogen-bond acceptors (Lipinski definition) is 5. The first-order valence-electron chi connectivity index (χ1n) is 7.16. The van der Waals surface area contributed by atoms with Crippen LogP contribution in [0.5, 0.6) is 0 Å². The Labute approximate surface area is 129 Å². The first-order chi connectivity index (χ1) is 9.92. The highest BCUT2D eigenvalue weighted by Gasteiger charge is 2.24. The van der Waals surface area contributed by atoms with Crippen molar-refractivity contribution < 1.29 is 19.4 Å². The zero-order valence-corrected chi connectivity index (χ0v) is 13.9. The quantitative estimate of drug-likeness (QED) is 0.746. The summed E-state index contributed by atoms with van der Waals surface area (Å²) in [7, 11) is 0. The Balaban J connectivity index is 3.14. The first-order valence-corrected chi connectivity index (χ1v) is 7.97. The summed E-state index contributed by atoms with van der Waals surface area (Å²) in [6.45, 7) is 9.13. The Kier molecular flexibility index (Phi) is 6.68. The second-order valence-corrected chi connectivity index (χ2v) is 6.02. The van der Waals surface area contributed by atoms with Crippen LogP contribution >= 0.6 is 11.3 Å². The molecule has 1 heterocycles. The number of esters is 1. The molecule has 0 spiro atoms. The third-order valence-corrected chi connectivity index (χ3v) is 4.49. The molecule has 21 heavy (non-hydrogen) atoms. The predicted octanol–water partition coefficient (Wildman–Crippen LogP) is 3.23. The maximum Gasteiger partial charge on any atom is 0.341 e. The van der Waals surface area contributed by atoms with Crippen molar-refractivity contribution in [1.29, 1.82) is 0 Å². The number of ether oxygens (including phenoxy) is 1. The number of aryl methyl sites for hydroxylation is 1. The van der Waals surface area contributed by atoms with Gasteiger partial charge in [0.2, 0.25) is 0 Å². The van der Waals surface area contributed by atoms with Gasteiger partial charge in [-0.3, -0.25) is 4.79 Å². The molecule has 1 aromatic rings. The summed E-state index contributed by atoms with van der Waals surface area (Å²) in [4.78, 5) is 26.0. The van der Waals surface area contributed by atoms with E-state index in [9.17, 15) is 9.59 Å². The number of carboxylic acid groups (broad SMARTS) is 1. The van der Waals surface area contributed by atoms with Gasteiger partial charge in [-0.1, -0.05) is 6.92 Å². The topological polar surface area (TPSA) is 66.8 Å². The van der Waals surface area contributed by atoms with E-state index in [1.54, 1.807) is 6.92 Å². The van der Waals surface area contributed by atoms with E-state index in [4.69, 9.17) is 9.84 Å². The number of hydrogen-bond donors (Lipinski definition) is 1. The van der Waals surface area contributed by atoms with Gasteiger partial charge in [-0.2, -0.15) is 0 Å². The van der Waals surface area contributed by atoms with Crippen LogP contribution in [0.3, 0.4) is 0 Å². The normalized spacial score (nSPS) is 10.5. The van der Waals surface area contributed by atoms with E-state index in [0.29, 0.717) is 18.7 Å². The Morgan fingerprint density at radius 3 is 2.43 bits per heavy atom. The van der Waals surface area contributed by atoms with E-state index < -0.39 is 5.97 Å². The predicted molar refractivity (Wildman–Crippen MR) is 84.5 cm³/mol. The largest absolute Gasteiger partial charge is 0.481 e. The highest BCUT2D eigenvalue weighted by Crippen LogP contribution is 2.36. The van der Waals surface area contributed by atoms with E-state index in [0.717, 1.165) is 28.4 Å². The van der Waals surface area contributed by atoms with Crippen molar-refractivity contribution in [2.75, 3.05) is 24.6 Å². The number of nitrogens with zero attached hydrogens (tertiary/aromatic N) is 1. The van der Waals surface area contributed by atoms with Crippen LogP contribution < -0.4 is 4.90 Å². The van der Waals surface area contributed by atoms with E-state index in [1.807, 2.05) is 25.7 Å². The fourth-order valence-corrected chi connectivity index (χ4v) is 3.29. The molecule has 1 rings (SSSR count). The van der Waals surface area contributed by atoms with Crippen molar-refractivity contribution in [1.82, 2.24) is 0 Å². The molecule has 0 fully saturated rings. The van der Waals surface area contributed by atoms with Gasteiger partial charge in [-0.15, -0.1) is 11.3 Å². The maximum atomic E-state index is 12.2. The van der Waals surface area contributed by atoms with E-state index in [-0.39, 0.29) is 12.4 Å². The molecule has 1 aromatic heterocycles. The van der Waals surface area contributed by atoms with E-state index in [2.05, 4.69) is 0 Å². The summed E-state index contributed by atoms with van der Waals surface area (Å²) in [5.74, 6) is -1.16. The van der Waals surface area contributed by atoms with Crippen LogP contribution in [0.2, 0.25) is 0 Å². The van der Waals surface area contributed by atoms with Crippen molar-refractivity contribution in [2.45, 2.75) is 40.5 Å². The van der Waals surface area contributed by atoms with Gasteiger partial charge in [0.15, 0.2) is 0 Å². The number of anilines is 1. The molecule has 0 aliphatic rings. The van der Waals surface area contributed by atoms with Crippen molar-refractivity contribution in [2.24, 2.45) is 0 Å². The highest BCUT2D eigenvalue weighted by molar-refractivity contribution is 7.16. The van der Waals surface area contributed by atoms with Crippen molar-refractivity contribution in [3.8, 4) is 0 Å². The summed E-state index contributed by atoms with van der Waals surface area (Å²) in [6.07, 6.45) is 0.941. The van der Waals surface area contributed by atoms with Gasteiger partial charge in [-0.05, 0) is 32.8 Å². The smallest absolute Gasteiger partial charge is 0.341 e. The maximum absolute atomic E-state index is 12.2. The van der Waals surface area contributed by atoms with Crippen LogP contribution in [-0.2, 0) is 9.53 Å². The lowest BCUT2D eigenvalue weighted by atomic mass is 10.1. The lowest BCUT2D eigenvalue weighted by Gasteiger charge is -2.23. The second kappa shape index (κ2) is 8.02. The van der Waals surface area contributed by atoms with Crippen molar-refractivity contribution in [3.63, 3.8) is 0 Å². The van der Waals surface area contributed by atoms with Gasteiger partial charge in [-0.25, -0.2) is 4.79 Å². The molecule has 0 bridgehead atoms. The number of carbonyl (C=O) groups excluding carboxylic acids is 1. The first kappa shape index (κ1) is 17.5.